The molecule has 1 N–H and O–H groups in total. The Hall–Kier alpha value is -1.19. The number of hydrogen-bond donors (Lipinski definition) is 1. The van der Waals surface area contributed by atoms with Crippen LogP contribution in [0.15, 0.2) is 0 Å². The van der Waals surface area contributed by atoms with Crippen molar-refractivity contribution in [3.63, 3.8) is 0 Å². The minimum Gasteiger partial charge on any atom is -0.457 e. The summed E-state index contributed by atoms with van der Waals surface area (Å²) in [7, 11) is 0. The number of carbonyl (C=O) groups is 1. The third kappa shape index (κ3) is 4.16. The summed E-state index contributed by atoms with van der Waals surface area (Å²) in [6, 6.07) is 0. The Morgan fingerprint density at radius 3 is 2.64 bits per heavy atom. The Balaban J connectivity index is 4.27. The smallest absolute Gasteiger partial charge is 0.419 e. The van der Waals surface area contributed by atoms with Crippen molar-refractivity contribution in [3.8, 4) is 0 Å². The van der Waals surface area contributed by atoms with E-state index in [1.807, 2.05) is 6.92 Å². The SMILES string of the molecule is CCCCC(O)C(=[N+]=[N-])C(=O)OCC. The van der Waals surface area contributed by atoms with Gasteiger partial charge in [-0.1, -0.05) is 19.8 Å². The maximum absolute atomic E-state index is 11.1. The van der Waals surface area contributed by atoms with Gasteiger partial charge in [0.05, 0.1) is 6.61 Å². The van der Waals surface area contributed by atoms with Gasteiger partial charge in [0, 0.05) is 0 Å². The molecule has 0 heterocycles. The van der Waals surface area contributed by atoms with E-state index in [4.69, 9.17) is 5.53 Å². The second-order valence-corrected chi connectivity index (χ2v) is 2.86. The van der Waals surface area contributed by atoms with Crippen LogP contribution in [-0.4, -0.2) is 34.3 Å². The van der Waals surface area contributed by atoms with Crippen LogP contribution in [0.5, 0.6) is 0 Å². The maximum Gasteiger partial charge on any atom is 0.419 e. The van der Waals surface area contributed by atoms with Crippen LogP contribution in [0.3, 0.4) is 0 Å². The third-order valence-electron chi connectivity index (χ3n) is 1.74. The van der Waals surface area contributed by atoms with Gasteiger partial charge in [-0.25, -0.2) is 4.79 Å². The molecule has 0 rings (SSSR count). The van der Waals surface area contributed by atoms with E-state index in [2.05, 4.69) is 9.53 Å². The van der Waals surface area contributed by atoms with Crippen molar-refractivity contribution in [2.75, 3.05) is 6.61 Å². The number of unbranched alkanes of at least 4 members (excludes halogenated alkanes) is 1. The van der Waals surface area contributed by atoms with Gasteiger partial charge in [0.25, 0.3) is 0 Å². The Morgan fingerprint density at radius 2 is 2.21 bits per heavy atom. The van der Waals surface area contributed by atoms with Crippen LogP contribution in [0.1, 0.15) is 33.1 Å². The molecule has 0 aromatic heterocycles. The first-order chi connectivity index (χ1) is 6.67. The summed E-state index contributed by atoms with van der Waals surface area (Å²) in [5.74, 6) is -0.765. The summed E-state index contributed by atoms with van der Waals surface area (Å²) >= 11 is 0. The molecular weight excluding hydrogens is 184 g/mol. The number of rotatable bonds is 6. The minimum absolute atomic E-state index is 0.193. The van der Waals surface area contributed by atoms with Crippen LogP contribution in [-0.2, 0) is 9.53 Å². The van der Waals surface area contributed by atoms with Gasteiger partial charge in [0.1, 0.15) is 0 Å². The average molecular weight is 200 g/mol. The highest BCUT2D eigenvalue weighted by molar-refractivity contribution is 6.35. The van der Waals surface area contributed by atoms with Crippen molar-refractivity contribution >= 4 is 11.7 Å². The van der Waals surface area contributed by atoms with Gasteiger partial charge in [-0.3, -0.25) is 0 Å². The fraction of sp³-hybridized carbons (Fsp3) is 0.778. The number of aliphatic hydroxyl groups excluding tert-OH is 1. The van der Waals surface area contributed by atoms with Gasteiger partial charge in [0.2, 0.25) is 0 Å². The first-order valence-corrected chi connectivity index (χ1v) is 4.74. The molecular formula is C9H16N2O3. The Labute approximate surface area is 83.3 Å². The van der Waals surface area contributed by atoms with Gasteiger partial charge in [0.15, 0.2) is 6.10 Å². The van der Waals surface area contributed by atoms with Crippen LogP contribution in [0.2, 0.25) is 0 Å². The highest BCUT2D eigenvalue weighted by atomic mass is 16.5. The van der Waals surface area contributed by atoms with E-state index in [-0.39, 0.29) is 12.3 Å². The lowest BCUT2D eigenvalue weighted by atomic mass is 10.1. The van der Waals surface area contributed by atoms with Gasteiger partial charge in [-0.15, -0.1) is 0 Å². The van der Waals surface area contributed by atoms with Gasteiger partial charge in [-0.2, -0.15) is 4.79 Å². The Kier molecular flexibility index (Phi) is 6.62. The van der Waals surface area contributed by atoms with Crippen molar-refractivity contribution in [2.45, 2.75) is 39.2 Å². The summed E-state index contributed by atoms with van der Waals surface area (Å²) in [5.41, 5.74) is 8.20. The Morgan fingerprint density at radius 1 is 1.57 bits per heavy atom. The van der Waals surface area contributed by atoms with Crippen molar-refractivity contribution in [1.29, 1.82) is 0 Å². The fourth-order valence-electron chi connectivity index (χ4n) is 0.983. The highest BCUT2D eigenvalue weighted by Gasteiger charge is 2.30. The molecule has 80 valence electrons. The molecule has 0 aromatic carbocycles. The number of carbonyl (C=O) groups excluding carboxylic acids is 1. The molecule has 0 fully saturated rings. The van der Waals surface area contributed by atoms with Crippen molar-refractivity contribution in [3.05, 3.63) is 5.53 Å². The predicted octanol–water partition coefficient (Wildman–Crippen LogP) is 0.771. The zero-order chi connectivity index (χ0) is 11.0. The molecule has 0 aliphatic rings. The molecule has 1 atom stereocenters. The molecule has 0 radical (unpaired) electrons. The normalized spacial score (nSPS) is 11.6. The average Bonchev–Trinajstić information content (AvgIpc) is 2.16. The third-order valence-corrected chi connectivity index (χ3v) is 1.74. The van der Waals surface area contributed by atoms with Crippen LogP contribution in [0.4, 0.5) is 0 Å². The quantitative estimate of drug-likeness (QED) is 0.297. The van der Waals surface area contributed by atoms with E-state index < -0.39 is 12.1 Å². The van der Waals surface area contributed by atoms with Crippen LogP contribution >= 0.6 is 0 Å². The molecule has 5 heteroatoms. The number of hydrogen-bond acceptors (Lipinski definition) is 3. The minimum atomic E-state index is -1.04. The lowest BCUT2D eigenvalue weighted by Crippen LogP contribution is -2.31. The summed E-state index contributed by atoms with van der Waals surface area (Å²) in [4.78, 5) is 13.9. The van der Waals surface area contributed by atoms with Crippen LogP contribution in [0, 0.1) is 0 Å². The first kappa shape index (κ1) is 12.8. The zero-order valence-electron chi connectivity index (χ0n) is 8.56. The monoisotopic (exact) mass is 200 g/mol. The number of ether oxygens (including phenoxy) is 1. The van der Waals surface area contributed by atoms with Gasteiger partial charge < -0.3 is 15.4 Å². The number of aliphatic hydroxyl groups is 1. The second-order valence-electron chi connectivity index (χ2n) is 2.86. The van der Waals surface area contributed by atoms with Gasteiger partial charge in [-0.05, 0) is 13.3 Å². The van der Waals surface area contributed by atoms with E-state index in [9.17, 15) is 9.90 Å². The topological polar surface area (TPSA) is 82.9 Å². The zero-order valence-corrected chi connectivity index (χ0v) is 8.56. The predicted molar refractivity (Wildman–Crippen MR) is 50.8 cm³/mol. The lowest BCUT2D eigenvalue weighted by molar-refractivity contribution is -0.141. The van der Waals surface area contributed by atoms with Gasteiger partial charge >= 0.3 is 11.7 Å². The Bertz CT molecular complexity index is 234. The molecule has 0 aliphatic carbocycles. The summed E-state index contributed by atoms with van der Waals surface area (Å²) in [6.07, 6.45) is 1.02. The molecule has 0 spiro atoms. The summed E-state index contributed by atoms with van der Waals surface area (Å²) in [6.45, 7) is 3.80. The second kappa shape index (κ2) is 7.24. The first-order valence-electron chi connectivity index (χ1n) is 4.74. The summed E-state index contributed by atoms with van der Waals surface area (Å²) < 4.78 is 4.61. The fourth-order valence-corrected chi connectivity index (χ4v) is 0.983. The molecule has 5 nitrogen and oxygen atoms in total. The van der Waals surface area contributed by atoms with Crippen molar-refractivity contribution < 1.29 is 19.4 Å². The standard InChI is InChI=1S/C9H16N2O3/c1-3-5-6-7(12)8(11-10)9(13)14-4-2/h7,12H,3-6H2,1-2H3. The molecule has 1 unspecified atom stereocenters. The van der Waals surface area contributed by atoms with E-state index in [0.717, 1.165) is 12.8 Å². The van der Waals surface area contributed by atoms with Crippen LogP contribution < -0.4 is 0 Å². The molecule has 14 heavy (non-hydrogen) atoms. The van der Waals surface area contributed by atoms with E-state index >= 15 is 0 Å². The molecule has 0 saturated carbocycles. The van der Waals surface area contributed by atoms with E-state index in [0.29, 0.717) is 6.42 Å². The maximum atomic E-state index is 11.1. The lowest BCUT2D eigenvalue weighted by Gasteiger charge is -2.04. The molecule has 0 bridgehead atoms. The largest absolute Gasteiger partial charge is 0.457 e. The molecule has 0 aromatic rings. The van der Waals surface area contributed by atoms with E-state index in [1.54, 1.807) is 6.92 Å². The molecule has 0 saturated heterocycles. The van der Waals surface area contributed by atoms with E-state index in [1.165, 1.54) is 0 Å². The number of esters is 1. The molecule has 0 amide bonds. The molecule has 0 aliphatic heterocycles. The van der Waals surface area contributed by atoms with Crippen LogP contribution in [0.25, 0.3) is 5.53 Å². The number of nitrogens with zero attached hydrogens (tertiary/aromatic N) is 2. The van der Waals surface area contributed by atoms with Crippen molar-refractivity contribution in [1.82, 2.24) is 0 Å². The van der Waals surface area contributed by atoms with Crippen molar-refractivity contribution in [2.24, 2.45) is 0 Å². The highest BCUT2D eigenvalue weighted by Crippen LogP contribution is 2.02. The summed E-state index contributed by atoms with van der Waals surface area (Å²) in [5, 5.41) is 9.45.